The molecule has 1 heterocycles. The summed E-state index contributed by atoms with van der Waals surface area (Å²) in [6.45, 7) is 6.93. The van der Waals surface area contributed by atoms with Crippen molar-refractivity contribution in [2.45, 2.75) is 0 Å². The average molecular weight is 281 g/mol. The summed E-state index contributed by atoms with van der Waals surface area (Å²) in [6.07, 6.45) is 1.81. The number of para-hydroxylation sites is 1. The summed E-state index contributed by atoms with van der Waals surface area (Å²) < 4.78 is 26.9. The summed E-state index contributed by atoms with van der Waals surface area (Å²) in [4.78, 5) is 15.7. The van der Waals surface area contributed by atoms with E-state index < -0.39 is 23.4 Å². The van der Waals surface area contributed by atoms with Crippen molar-refractivity contribution < 1.29 is 13.6 Å². The molecule has 2 rings (SSSR count). The molecule has 20 heavy (non-hydrogen) atoms. The zero-order valence-corrected chi connectivity index (χ0v) is 11.1. The van der Waals surface area contributed by atoms with Gasteiger partial charge in [0.05, 0.1) is 0 Å². The summed E-state index contributed by atoms with van der Waals surface area (Å²) >= 11 is 0. The first kappa shape index (κ1) is 14.5. The highest BCUT2D eigenvalue weighted by atomic mass is 19.1. The second-order valence-corrected chi connectivity index (χ2v) is 4.60. The molecule has 0 spiro atoms. The van der Waals surface area contributed by atoms with Crippen LogP contribution in [-0.2, 0) is 0 Å². The molecule has 0 bridgehead atoms. The first-order valence-corrected chi connectivity index (χ1v) is 6.45. The maximum atomic E-state index is 13.4. The van der Waals surface area contributed by atoms with Crippen molar-refractivity contribution >= 4 is 11.7 Å². The van der Waals surface area contributed by atoms with Crippen molar-refractivity contribution in [3.05, 3.63) is 42.5 Å². The average Bonchev–Trinajstić information content (AvgIpc) is 2.44. The fourth-order valence-corrected chi connectivity index (χ4v) is 2.12. The predicted molar refractivity (Wildman–Crippen MR) is 73.6 cm³/mol. The number of urea groups is 1. The van der Waals surface area contributed by atoms with E-state index in [9.17, 15) is 13.6 Å². The van der Waals surface area contributed by atoms with E-state index in [1.807, 2.05) is 6.08 Å². The molecule has 1 aromatic rings. The number of amides is 2. The van der Waals surface area contributed by atoms with Crippen molar-refractivity contribution in [1.82, 2.24) is 9.80 Å². The summed E-state index contributed by atoms with van der Waals surface area (Å²) in [7, 11) is 0. The van der Waals surface area contributed by atoms with Gasteiger partial charge in [0.25, 0.3) is 0 Å². The highest BCUT2D eigenvalue weighted by Crippen LogP contribution is 2.18. The number of piperazine rings is 1. The normalized spacial score (nSPS) is 16.0. The molecule has 1 aliphatic rings. The molecule has 0 unspecified atom stereocenters. The van der Waals surface area contributed by atoms with E-state index in [4.69, 9.17) is 0 Å². The lowest BCUT2D eigenvalue weighted by Gasteiger charge is -2.34. The highest BCUT2D eigenvalue weighted by molar-refractivity contribution is 5.89. The SMILES string of the molecule is C=CCN1CCN(C(=O)Nc2c(F)cccc2F)CC1. The van der Waals surface area contributed by atoms with E-state index in [1.54, 1.807) is 4.90 Å². The Morgan fingerprint density at radius 2 is 1.85 bits per heavy atom. The van der Waals surface area contributed by atoms with Crippen LogP contribution in [0.15, 0.2) is 30.9 Å². The van der Waals surface area contributed by atoms with Crippen molar-refractivity contribution in [3.8, 4) is 0 Å². The van der Waals surface area contributed by atoms with Gasteiger partial charge in [-0.25, -0.2) is 13.6 Å². The Balaban J connectivity index is 1.95. The van der Waals surface area contributed by atoms with Gasteiger partial charge < -0.3 is 10.2 Å². The molecule has 1 aliphatic heterocycles. The lowest BCUT2D eigenvalue weighted by Crippen LogP contribution is -2.50. The number of anilines is 1. The summed E-state index contributed by atoms with van der Waals surface area (Å²) in [6, 6.07) is 3.00. The molecular formula is C14H17F2N3O. The van der Waals surface area contributed by atoms with Gasteiger partial charge in [0.2, 0.25) is 0 Å². The Bertz CT molecular complexity index is 479. The molecule has 2 amide bonds. The van der Waals surface area contributed by atoms with Gasteiger partial charge in [-0.15, -0.1) is 6.58 Å². The van der Waals surface area contributed by atoms with Gasteiger partial charge in [-0.3, -0.25) is 4.90 Å². The molecule has 1 fully saturated rings. The van der Waals surface area contributed by atoms with Crippen molar-refractivity contribution in [2.24, 2.45) is 0 Å². The van der Waals surface area contributed by atoms with Gasteiger partial charge in [0, 0.05) is 32.7 Å². The molecule has 1 saturated heterocycles. The second kappa shape index (κ2) is 6.47. The van der Waals surface area contributed by atoms with E-state index >= 15 is 0 Å². The number of hydrogen-bond acceptors (Lipinski definition) is 2. The third-order valence-corrected chi connectivity index (χ3v) is 3.24. The van der Waals surface area contributed by atoms with Gasteiger partial charge in [-0.05, 0) is 12.1 Å². The number of nitrogens with zero attached hydrogens (tertiary/aromatic N) is 2. The smallest absolute Gasteiger partial charge is 0.322 e. The van der Waals surface area contributed by atoms with Crippen LogP contribution in [0.1, 0.15) is 0 Å². The van der Waals surface area contributed by atoms with Crippen molar-refractivity contribution in [2.75, 3.05) is 38.0 Å². The Hall–Kier alpha value is -1.95. The van der Waals surface area contributed by atoms with Crippen LogP contribution in [0, 0.1) is 11.6 Å². The quantitative estimate of drug-likeness (QED) is 0.863. The highest BCUT2D eigenvalue weighted by Gasteiger charge is 2.22. The number of nitrogens with one attached hydrogen (secondary N) is 1. The van der Waals surface area contributed by atoms with Gasteiger partial charge in [-0.2, -0.15) is 0 Å². The Morgan fingerprint density at radius 3 is 2.40 bits per heavy atom. The molecule has 1 aromatic carbocycles. The van der Waals surface area contributed by atoms with Gasteiger partial charge in [0.15, 0.2) is 0 Å². The molecule has 1 N–H and O–H groups in total. The Kier molecular flexibility index (Phi) is 4.68. The van der Waals surface area contributed by atoms with Crippen molar-refractivity contribution in [3.63, 3.8) is 0 Å². The molecule has 6 heteroatoms. The minimum Gasteiger partial charge on any atom is -0.322 e. The van der Waals surface area contributed by atoms with Crippen LogP contribution in [0.2, 0.25) is 0 Å². The molecule has 108 valence electrons. The number of carbonyl (C=O) groups excluding carboxylic acids is 1. The lowest BCUT2D eigenvalue weighted by molar-refractivity contribution is 0.155. The number of benzene rings is 1. The number of halogens is 2. The van der Waals surface area contributed by atoms with E-state index in [0.717, 1.165) is 31.8 Å². The van der Waals surface area contributed by atoms with E-state index in [0.29, 0.717) is 13.1 Å². The van der Waals surface area contributed by atoms with Crippen LogP contribution >= 0.6 is 0 Å². The summed E-state index contributed by atoms with van der Waals surface area (Å²) in [5, 5.41) is 2.29. The molecule has 4 nitrogen and oxygen atoms in total. The Labute approximate surface area is 116 Å². The first-order chi connectivity index (χ1) is 9.61. The molecule has 0 atom stereocenters. The maximum Gasteiger partial charge on any atom is 0.322 e. The largest absolute Gasteiger partial charge is 0.322 e. The third-order valence-electron chi connectivity index (χ3n) is 3.24. The lowest BCUT2D eigenvalue weighted by atomic mass is 10.3. The zero-order chi connectivity index (χ0) is 14.5. The van der Waals surface area contributed by atoms with Crippen LogP contribution < -0.4 is 5.32 Å². The summed E-state index contributed by atoms with van der Waals surface area (Å²) in [5.74, 6) is -1.55. The standard InChI is InChI=1S/C14H17F2N3O/c1-2-6-18-7-9-19(10-8-18)14(20)17-13-11(15)4-3-5-12(13)16/h2-5H,1,6-10H2,(H,17,20). The fraction of sp³-hybridized carbons (Fsp3) is 0.357. The number of carbonyl (C=O) groups is 1. The van der Waals surface area contributed by atoms with E-state index in [-0.39, 0.29) is 0 Å². The number of hydrogen-bond donors (Lipinski definition) is 1. The molecule has 0 aliphatic carbocycles. The minimum absolute atomic E-state index is 0.397. The van der Waals surface area contributed by atoms with Gasteiger partial charge >= 0.3 is 6.03 Å². The van der Waals surface area contributed by atoms with Crippen LogP contribution in [0.5, 0.6) is 0 Å². The van der Waals surface area contributed by atoms with E-state index in [2.05, 4.69) is 16.8 Å². The fourth-order valence-electron chi connectivity index (χ4n) is 2.12. The zero-order valence-electron chi connectivity index (χ0n) is 11.1. The second-order valence-electron chi connectivity index (χ2n) is 4.60. The molecular weight excluding hydrogens is 264 g/mol. The number of rotatable bonds is 3. The summed E-state index contributed by atoms with van der Waals surface area (Å²) in [5.41, 5.74) is -0.397. The Morgan fingerprint density at radius 1 is 1.25 bits per heavy atom. The van der Waals surface area contributed by atoms with Crippen LogP contribution in [0.25, 0.3) is 0 Å². The van der Waals surface area contributed by atoms with Gasteiger partial charge in [-0.1, -0.05) is 12.1 Å². The van der Waals surface area contributed by atoms with Crippen LogP contribution in [-0.4, -0.2) is 48.6 Å². The topological polar surface area (TPSA) is 35.6 Å². The predicted octanol–water partition coefficient (Wildman–Crippen LogP) is 2.30. The molecule has 0 radical (unpaired) electrons. The van der Waals surface area contributed by atoms with Crippen LogP contribution in [0.3, 0.4) is 0 Å². The maximum absolute atomic E-state index is 13.4. The molecule has 0 aromatic heterocycles. The first-order valence-electron chi connectivity index (χ1n) is 6.45. The van der Waals surface area contributed by atoms with E-state index in [1.165, 1.54) is 6.07 Å². The van der Waals surface area contributed by atoms with Gasteiger partial charge in [0.1, 0.15) is 17.3 Å². The monoisotopic (exact) mass is 281 g/mol. The van der Waals surface area contributed by atoms with Crippen LogP contribution in [0.4, 0.5) is 19.3 Å². The minimum atomic E-state index is -0.774. The van der Waals surface area contributed by atoms with Crippen molar-refractivity contribution in [1.29, 1.82) is 0 Å². The molecule has 0 saturated carbocycles. The third kappa shape index (κ3) is 3.33.